The molecule has 166 valence electrons. The number of rotatable bonds is 7. The van der Waals surface area contributed by atoms with Gasteiger partial charge in [-0.1, -0.05) is 57.2 Å². The van der Waals surface area contributed by atoms with Crippen LogP contribution in [0.1, 0.15) is 51.5 Å². The Morgan fingerprint density at radius 1 is 1.03 bits per heavy atom. The first-order chi connectivity index (χ1) is 14.9. The second kappa shape index (κ2) is 8.73. The van der Waals surface area contributed by atoms with Gasteiger partial charge in [0.25, 0.3) is 5.56 Å². The zero-order valence-electron chi connectivity index (χ0n) is 19.1. The van der Waals surface area contributed by atoms with Gasteiger partial charge in [0.2, 0.25) is 5.95 Å². The highest BCUT2D eigenvalue weighted by Crippen LogP contribution is 2.32. The number of aromatic nitrogens is 4. The van der Waals surface area contributed by atoms with E-state index in [0.29, 0.717) is 23.6 Å². The van der Waals surface area contributed by atoms with Crippen LogP contribution in [0.2, 0.25) is 0 Å². The number of hydrogen-bond donors (Lipinski definition) is 0. The maximum atomic E-state index is 13.4. The molecule has 0 radical (unpaired) electrons. The number of fused-ring (bicyclic) bond motifs is 3. The molecule has 0 bridgehead atoms. The first-order valence-electron chi connectivity index (χ1n) is 11.5. The van der Waals surface area contributed by atoms with Crippen LogP contribution < -0.4 is 16.1 Å². The number of benzene rings is 1. The topological polar surface area (TPSA) is 65.1 Å². The molecule has 7 heteroatoms. The third-order valence-electron chi connectivity index (χ3n) is 6.27. The minimum atomic E-state index is -0.279. The average molecular weight is 424 g/mol. The summed E-state index contributed by atoms with van der Waals surface area (Å²) in [4.78, 5) is 33.3. The smallest absolute Gasteiger partial charge is 0.312 e. The summed E-state index contributed by atoms with van der Waals surface area (Å²) in [6.07, 6.45) is 5.37. The first kappa shape index (κ1) is 21.4. The lowest BCUT2D eigenvalue weighted by molar-refractivity contribution is 0.457. The molecule has 3 aromatic rings. The van der Waals surface area contributed by atoms with E-state index in [9.17, 15) is 9.59 Å². The number of hydrogen-bond acceptors (Lipinski definition) is 4. The molecule has 31 heavy (non-hydrogen) atoms. The molecular formula is C24H33N5O2. The Morgan fingerprint density at radius 3 is 2.45 bits per heavy atom. The predicted octanol–water partition coefficient (Wildman–Crippen LogP) is 3.96. The Bertz CT molecular complexity index is 1190. The summed E-state index contributed by atoms with van der Waals surface area (Å²) in [5, 5.41) is 0. The van der Waals surface area contributed by atoms with E-state index < -0.39 is 0 Å². The van der Waals surface area contributed by atoms with E-state index in [-0.39, 0.29) is 11.2 Å². The molecule has 0 saturated heterocycles. The number of imidazole rings is 1. The third kappa shape index (κ3) is 3.93. The monoisotopic (exact) mass is 423 g/mol. The molecule has 7 nitrogen and oxygen atoms in total. The first-order valence-corrected chi connectivity index (χ1v) is 11.5. The van der Waals surface area contributed by atoms with E-state index >= 15 is 0 Å². The van der Waals surface area contributed by atoms with Crippen LogP contribution in [0.25, 0.3) is 11.2 Å². The third-order valence-corrected chi connectivity index (χ3v) is 6.27. The maximum Gasteiger partial charge on any atom is 0.332 e. The average Bonchev–Trinajstić information content (AvgIpc) is 3.14. The van der Waals surface area contributed by atoms with Crippen molar-refractivity contribution < 1.29 is 0 Å². The Morgan fingerprint density at radius 2 is 1.74 bits per heavy atom. The molecule has 1 atom stereocenters. The number of anilines is 2. The van der Waals surface area contributed by atoms with Crippen LogP contribution in [0.5, 0.6) is 0 Å². The normalized spacial score (nSPS) is 16.1. The Balaban J connectivity index is 1.79. The van der Waals surface area contributed by atoms with Gasteiger partial charge in [0.1, 0.15) is 0 Å². The molecule has 0 amide bonds. The van der Waals surface area contributed by atoms with Crippen molar-refractivity contribution in [1.29, 1.82) is 0 Å². The summed E-state index contributed by atoms with van der Waals surface area (Å²) in [6.45, 7) is 8.44. The van der Waals surface area contributed by atoms with Gasteiger partial charge in [-0.25, -0.2) is 4.79 Å². The van der Waals surface area contributed by atoms with E-state index in [2.05, 4.69) is 49.9 Å². The van der Waals surface area contributed by atoms with Crippen molar-refractivity contribution in [3.05, 3.63) is 50.7 Å². The summed E-state index contributed by atoms with van der Waals surface area (Å²) in [5.74, 6) is 1.09. The fourth-order valence-electron chi connectivity index (χ4n) is 4.52. The van der Waals surface area contributed by atoms with Gasteiger partial charge in [0.15, 0.2) is 11.2 Å². The Kier molecular flexibility index (Phi) is 6.03. The number of aryl methyl sites for hydroxylation is 2. The fourth-order valence-corrected chi connectivity index (χ4v) is 4.52. The minimum absolute atomic E-state index is 0.217. The molecule has 1 aliphatic rings. The molecule has 0 unspecified atom stereocenters. The fraction of sp³-hybridized carbons (Fsp3) is 0.542. The molecule has 2 aromatic heterocycles. The van der Waals surface area contributed by atoms with Crippen LogP contribution in [0, 0.1) is 12.8 Å². The van der Waals surface area contributed by atoms with E-state index in [4.69, 9.17) is 4.98 Å². The molecule has 0 saturated carbocycles. The molecule has 0 aliphatic carbocycles. The van der Waals surface area contributed by atoms with Crippen LogP contribution in [-0.2, 0) is 20.1 Å². The molecule has 1 aromatic carbocycles. The van der Waals surface area contributed by atoms with E-state index in [1.807, 2.05) is 4.57 Å². The Labute approximate surface area is 182 Å². The van der Waals surface area contributed by atoms with Crippen molar-refractivity contribution >= 4 is 22.8 Å². The van der Waals surface area contributed by atoms with Crippen LogP contribution >= 0.6 is 0 Å². The van der Waals surface area contributed by atoms with Gasteiger partial charge in [0, 0.05) is 32.4 Å². The largest absolute Gasteiger partial charge is 0.332 e. The van der Waals surface area contributed by atoms with Crippen molar-refractivity contribution in [2.45, 2.75) is 66.0 Å². The van der Waals surface area contributed by atoms with Crippen LogP contribution in [-0.4, -0.2) is 25.2 Å². The molecular weight excluding hydrogens is 390 g/mol. The maximum absolute atomic E-state index is 13.4. The lowest BCUT2D eigenvalue weighted by atomic mass is 10.1. The highest BCUT2D eigenvalue weighted by atomic mass is 16.2. The van der Waals surface area contributed by atoms with Gasteiger partial charge in [-0.05, 0) is 31.4 Å². The molecule has 0 spiro atoms. The Hall–Kier alpha value is -2.83. The van der Waals surface area contributed by atoms with Crippen molar-refractivity contribution in [3.63, 3.8) is 0 Å². The zero-order chi connectivity index (χ0) is 22.1. The minimum Gasteiger partial charge on any atom is -0.312 e. The number of nitrogens with zero attached hydrogens (tertiary/aromatic N) is 5. The second-order valence-electron chi connectivity index (χ2n) is 8.96. The van der Waals surface area contributed by atoms with E-state index in [0.717, 1.165) is 44.0 Å². The highest BCUT2D eigenvalue weighted by molar-refractivity contribution is 5.77. The molecule has 1 aliphatic heterocycles. The molecule has 3 heterocycles. The number of unbranched alkanes of at least 4 members (excludes halogenated alkanes) is 4. The second-order valence-corrected chi connectivity index (χ2v) is 8.96. The highest BCUT2D eigenvalue weighted by Gasteiger charge is 2.29. The van der Waals surface area contributed by atoms with Gasteiger partial charge < -0.3 is 9.47 Å². The predicted molar refractivity (Wildman–Crippen MR) is 125 cm³/mol. The van der Waals surface area contributed by atoms with E-state index in [1.54, 1.807) is 7.05 Å². The lowest BCUT2D eigenvalue weighted by Crippen LogP contribution is -2.40. The van der Waals surface area contributed by atoms with Crippen molar-refractivity contribution in [3.8, 4) is 0 Å². The van der Waals surface area contributed by atoms with Crippen molar-refractivity contribution in [2.75, 3.05) is 11.4 Å². The van der Waals surface area contributed by atoms with Gasteiger partial charge in [0.05, 0.1) is 0 Å². The summed E-state index contributed by atoms with van der Waals surface area (Å²) in [7, 11) is 1.72. The van der Waals surface area contributed by atoms with Crippen molar-refractivity contribution in [2.24, 2.45) is 13.0 Å². The lowest BCUT2D eigenvalue weighted by Gasteiger charge is -2.33. The van der Waals surface area contributed by atoms with Gasteiger partial charge in [-0.3, -0.25) is 13.9 Å². The summed E-state index contributed by atoms with van der Waals surface area (Å²) in [6, 6.07) is 8.35. The molecule has 0 fully saturated rings. The molecule has 4 rings (SSSR count). The quantitative estimate of drug-likeness (QED) is 0.540. The van der Waals surface area contributed by atoms with Crippen LogP contribution in [0.15, 0.2) is 33.9 Å². The summed E-state index contributed by atoms with van der Waals surface area (Å²) in [5.41, 5.74) is 2.76. The van der Waals surface area contributed by atoms with Gasteiger partial charge in [-0.15, -0.1) is 0 Å². The van der Waals surface area contributed by atoms with Gasteiger partial charge in [-0.2, -0.15) is 4.98 Å². The standard InChI is InChI=1S/C24H33N5O2/c1-5-6-7-8-9-14-27-22(30)20-21(26(4)24(27)31)25-23-28(15-18(3)16-29(20)23)19-12-10-17(2)11-13-19/h10-13,18H,5-9,14-16H2,1-4H3/t18-/m1/s1. The van der Waals surface area contributed by atoms with Crippen LogP contribution in [0.4, 0.5) is 11.6 Å². The summed E-state index contributed by atoms with van der Waals surface area (Å²) < 4.78 is 4.95. The SMILES string of the molecule is CCCCCCCn1c(=O)c2c(nc3n2C[C@H](C)CN3c2ccc(C)cc2)n(C)c1=O. The van der Waals surface area contributed by atoms with Crippen LogP contribution in [0.3, 0.4) is 0 Å². The summed E-state index contributed by atoms with van der Waals surface area (Å²) >= 11 is 0. The van der Waals surface area contributed by atoms with Crippen molar-refractivity contribution in [1.82, 2.24) is 18.7 Å². The van der Waals surface area contributed by atoms with E-state index in [1.165, 1.54) is 27.5 Å². The van der Waals surface area contributed by atoms with Gasteiger partial charge >= 0.3 is 5.69 Å². The zero-order valence-corrected chi connectivity index (χ0v) is 19.1. The molecule has 0 N–H and O–H groups in total.